The Balaban J connectivity index is 0.000000292. The number of rotatable bonds is 2. The SMILES string of the molecule is C=CC(N)=O.C=Cc1cccc(C)c1. The lowest BCUT2D eigenvalue weighted by Gasteiger charge is -1.92. The van der Waals surface area contributed by atoms with Crippen LogP contribution in [0.3, 0.4) is 0 Å². The van der Waals surface area contributed by atoms with Crippen LogP contribution in [0.25, 0.3) is 6.08 Å². The molecule has 0 aliphatic rings. The number of hydrogen-bond acceptors (Lipinski definition) is 1. The van der Waals surface area contributed by atoms with E-state index in [1.165, 1.54) is 11.1 Å². The van der Waals surface area contributed by atoms with Gasteiger partial charge in [0.05, 0.1) is 0 Å². The molecule has 74 valence electrons. The average molecular weight is 189 g/mol. The quantitative estimate of drug-likeness (QED) is 0.713. The minimum atomic E-state index is -0.481. The van der Waals surface area contributed by atoms with Crippen molar-refractivity contribution in [1.29, 1.82) is 0 Å². The van der Waals surface area contributed by atoms with Crippen LogP contribution in [0.15, 0.2) is 43.5 Å². The van der Waals surface area contributed by atoms with E-state index in [-0.39, 0.29) is 0 Å². The van der Waals surface area contributed by atoms with Crippen LogP contribution in [-0.4, -0.2) is 5.91 Å². The highest BCUT2D eigenvalue weighted by molar-refractivity contribution is 5.84. The monoisotopic (exact) mass is 189 g/mol. The van der Waals surface area contributed by atoms with Crippen molar-refractivity contribution in [2.45, 2.75) is 6.92 Å². The van der Waals surface area contributed by atoms with E-state index >= 15 is 0 Å². The van der Waals surface area contributed by atoms with Crippen molar-refractivity contribution in [3.05, 3.63) is 54.6 Å². The molecule has 0 aliphatic carbocycles. The molecule has 0 fully saturated rings. The lowest BCUT2D eigenvalue weighted by Crippen LogP contribution is -2.04. The van der Waals surface area contributed by atoms with Crippen LogP contribution >= 0.6 is 0 Å². The molecule has 2 nitrogen and oxygen atoms in total. The van der Waals surface area contributed by atoms with Crippen LogP contribution in [0.2, 0.25) is 0 Å². The van der Waals surface area contributed by atoms with Crippen molar-refractivity contribution in [3.63, 3.8) is 0 Å². The van der Waals surface area contributed by atoms with E-state index < -0.39 is 5.91 Å². The van der Waals surface area contributed by atoms with E-state index in [1.54, 1.807) is 0 Å². The molecule has 1 aromatic carbocycles. The number of hydrogen-bond donors (Lipinski definition) is 1. The standard InChI is InChI=1S/C9H10.C3H5NO/c1-3-9-6-4-5-8(2)7-9;1-2-3(4)5/h3-7H,1H2,2H3;2H,1H2,(H2,4,5). The number of nitrogens with two attached hydrogens (primary N) is 1. The average Bonchev–Trinajstić information content (AvgIpc) is 2.18. The second-order valence-electron chi connectivity index (χ2n) is 2.72. The number of carbonyl (C=O) groups excluding carboxylic acids is 1. The lowest BCUT2D eigenvalue weighted by molar-refractivity contribution is -0.113. The third-order valence-electron chi connectivity index (χ3n) is 1.48. The molecule has 0 aromatic heterocycles. The van der Waals surface area contributed by atoms with Crippen molar-refractivity contribution in [2.75, 3.05) is 0 Å². The molecule has 1 amide bonds. The summed E-state index contributed by atoms with van der Waals surface area (Å²) in [7, 11) is 0. The maximum atomic E-state index is 9.47. The highest BCUT2D eigenvalue weighted by atomic mass is 16.1. The Labute approximate surface area is 84.7 Å². The van der Waals surface area contributed by atoms with E-state index in [0.29, 0.717) is 0 Å². The summed E-state index contributed by atoms with van der Waals surface area (Å²) < 4.78 is 0. The van der Waals surface area contributed by atoms with Crippen molar-refractivity contribution in [3.8, 4) is 0 Å². The fourth-order valence-electron chi connectivity index (χ4n) is 0.797. The maximum absolute atomic E-state index is 9.47. The predicted octanol–water partition coefficient (Wildman–Crippen LogP) is 2.30. The van der Waals surface area contributed by atoms with E-state index in [9.17, 15) is 4.79 Å². The third kappa shape index (κ3) is 5.77. The molecular weight excluding hydrogens is 174 g/mol. The molecule has 0 atom stereocenters. The summed E-state index contributed by atoms with van der Waals surface area (Å²) in [4.78, 5) is 9.47. The molecule has 0 unspecified atom stereocenters. The van der Waals surface area contributed by atoms with Gasteiger partial charge in [-0.15, -0.1) is 0 Å². The molecule has 0 saturated carbocycles. The summed E-state index contributed by atoms with van der Waals surface area (Å²) in [5.74, 6) is -0.481. The van der Waals surface area contributed by atoms with Gasteiger partial charge in [-0.25, -0.2) is 0 Å². The molecule has 0 heterocycles. The fourth-order valence-corrected chi connectivity index (χ4v) is 0.797. The Kier molecular flexibility index (Phi) is 5.79. The van der Waals surface area contributed by atoms with Crippen LogP contribution in [0.1, 0.15) is 11.1 Å². The van der Waals surface area contributed by atoms with E-state index in [0.717, 1.165) is 6.08 Å². The normalized spacial score (nSPS) is 8.07. The Hall–Kier alpha value is -1.83. The smallest absolute Gasteiger partial charge is 0.240 e. The van der Waals surface area contributed by atoms with Crippen molar-refractivity contribution < 1.29 is 4.79 Å². The summed E-state index contributed by atoms with van der Waals surface area (Å²) in [5, 5.41) is 0. The molecule has 1 aromatic rings. The Morgan fingerprint density at radius 3 is 2.29 bits per heavy atom. The van der Waals surface area contributed by atoms with Gasteiger partial charge >= 0.3 is 0 Å². The van der Waals surface area contributed by atoms with Crippen LogP contribution in [0, 0.1) is 6.92 Å². The minimum absolute atomic E-state index is 0.481. The third-order valence-corrected chi connectivity index (χ3v) is 1.48. The Morgan fingerprint density at radius 1 is 1.43 bits per heavy atom. The van der Waals surface area contributed by atoms with Gasteiger partial charge in [0.15, 0.2) is 0 Å². The molecule has 2 heteroatoms. The van der Waals surface area contributed by atoms with E-state index in [4.69, 9.17) is 0 Å². The van der Waals surface area contributed by atoms with Gasteiger partial charge in [-0.05, 0) is 18.6 Å². The summed E-state index contributed by atoms with van der Waals surface area (Å²) in [6.45, 7) is 8.83. The lowest BCUT2D eigenvalue weighted by atomic mass is 10.1. The van der Waals surface area contributed by atoms with Gasteiger partial charge in [0.1, 0.15) is 0 Å². The van der Waals surface area contributed by atoms with Gasteiger partial charge in [-0.2, -0.15) is 0 Å². The zero-order chi connectivity index (χ0) is 11.0. The van der Waals surface area contributed by atoms with Crippen molar-refractivity contribution >= 4 is 12.0 Å². The van der Waals surface area contributed by atoms with Crippen LogP contribution < -0.4 is 5.73 Å². The first kappa shape index (κ1) is 12.2. The van der Waals surface area contributed by atoms with E-state index in [1.807, 2.05) is 18.2 Å². The summed E-state index contributed by atoms with van der Waals surface area (Å²) >= 11 is 0. The zero-order valence-electron chi connectivity index (χ0n) is 8.36. The molecule has 0 bridgehead atoms. The van der Waals surface area contributed by atoms with Crippen LogP contribution in [0.4, 0.5) is 0 Å². The molecule has 1 rings (SSSR count). The summed E-state index contributed by atoms with van der Waals surface area (Å²) in [6.07, 6.45) is 2.91. The topological polar surface area (TPSA) is 43.1 Å². The molecule has 0 saturated heterocycles. The molecular formula is C12H15NO. The first-order valence-electron chi connectivity index (χ1n) is 4.21. The van der Waals surface area contributed by atoms with Crippen molar-refractivity contribution in [1.82, 2.24) is 0 Å². The Bertz CT molecular complexity index is 329. The van der Waals surface area contributed by atoms with Crippen molar-refractivity contribution in [2.24, 2.45) is 5.73 Å². The Morgan fingerprint density at radius 2 is 2.00 bits per heavy atom. The van der Waals surface area contributed by atoms with E-state index in [2.05, 4.69) is 37.9 Å². The number of benzene rings is 1. The largest absolute Gasteiger partial charge is 0.366 e. The van der Waals surface area contributed by atoms with Crippen LogP contribution in [-0.2, 0) is 4.79 Å². The molecule has 2 N–H and O–H groups in total. The predicted molar refractivity (Wildman–Crippen MR) is 60.7 cm³/mol. The van der Waals surface area contributed by atoms with Gasteiger partial charge in [0, 0.05) is 0 Å². The molecule has 14 heavy (non-hydrogen) atoms. The molecule has 0 radical (unpaired) electrons. The molecule has 0 spiro atoms. The number of primary amides is 1. The van der Waals surface area contributed by atoms with Gasteiger partial charge in [0.25, 0.3) is 0 Å². The van der Waals surface area contributed by atoms with Gasteiger partial charge < -0.3 is 5.73 Å². The maximum Gasteiger partial charge on any atom is 0.240 e. The second kappa shape index (κ2) is 6.66. The molecule has 0 aliphatic heterocycles. The van der Waals surface area contributed by atoms with Gasteiger partial charge in [-0.3, -0.25) is 4.79 Å². The summed E-state index contributed by atoms with van der Waals surface area (Å²) in [5.41, 5.74) is 7.01. The minimum Gasteiger partial charge on any atom is -0.366 e. The number of carbonyl (C=O) groups is 1. The number of amides is 1. The zero-order valence-corrected chi connectivity index (χ0v) is 8.36. The van der Waals surface area contributed by atoms with Gasteiger partial charge in [0.2, 0.25) is 5.91 Å². The second-order valence-corrected chi connectivity index (χ2v) is 2.72. The number of aryl methyl sites for hydroxylation is 1. The van der Waals surface area contributed by atoms with Gasteiger partial charge in [-0.1, -0.05) is 49.1 Å². The fraction of sp³-hybridized carbons (Fsp3) is 0.0833. The highest BCUT2D eigenvalue weighted by Crippen LogP contribution is 2.03. The highest BCUT2D eigenvalue weighted by Gasteiger charge is 1.83. The summed E-state index contributed by atoms with van der Waals surface area (Å²) in [6, 6.07) is 8.26. The first-order valence-corrected chi connectivity index (χ1v) is 4.21. The first-order chi connectivity index (χ1) is 6.60. The van der Waals surface area contributed by atoms with Crippen LogP contribution in [0.5, 0.6) is 0 Å².